The van der Waals surface area contributed by atoms with Crippen molar-refractivity contribution in [1.29, 1.82) is 0 Å². The number of nitrogens with zero attached hydrogens (tertiary/aromatic N) is 4. The minimum atomic E-state index is -0.745. The molecule has 2 aromatic carbocycles. The molecule has 2 atom stereocenters. The van der Waals surface area contributed by atoms with Gasteiger partial charge in [0.05, 0.1) is 34.3 Å². The summed E-state index contributed by atoms with van der Waals surface area (Å²) in [4.78, 5) is 27.8. The predicted octanol–water partition coefficient (Wildman–Crippen LogP) is 4.75. The smallest absolute Gasteiger partial charge is 0.263 e. The van der Waals surface area contributed by atoms with Gasteiger partial charge in [0.25, 0.3) is 5.91 Å². The van der Waals surface area contributed by atoms with Crippen LogP contribution in [0.5, 0.6) is 11.5 Å². The monoisotopic (exact) mass is 533 g/mol. The zero-order chi connectivity index (χ0) is 26.5. The molecule has 1 saturated heterocycles. The highest BCUT2D eigenvalue weighted by atomic mass is 35.5. The van der Waals surface area contributed by atoms with Gasteiger partial charge in [-0.05, 0) is 62.2 Å². The second-order valence-corrected chi connectivity index (χ2v) is 9.43. The van der Waals surface area contributed by atoms with Crippen molar-refractivity contribution in [2.75, 3.05) is 18.5 Å². The fraction of sp³-hybridized carbons (Fsp3) is 0.286. The first-order chi connectivity index (χ1) is 18.5. The maximum absolute atomic E-state index is 13.1. The Morgan fingerprint density at radius 3 is 2.84 bits per heavy atom. The van der Waals surface area contributed by atoms with E-state index in [1.54, 1.807) is 36.2 Å². The second kappa shape index (κ2) is 11.6. The third-order valence-electron chi connectivity index (χ3n) is 6.44. The Morgan fingerprint density at radius 2 is 2.05 bits per heavy atom. The topological polar surface area (TPSA) is 110 Å². The highest BCUT2D eigenvalue weighted by Crippen LogP contribution is 2.34. The molecular formula is C28H28ClN5O4. The lowest BCUT2D eigenvalue weighted by atomic mass is 10.2. The Labute approximate surface area is 225 Å². The average Bonchev–Trinajstić information content (AvgIpc) is 3.42. The van der Waals surface area contributed by atoms with Gasteiger partial charge in [0.1, 0.15) is 30.3 Å². The number of nitrogens with one attached hydrogen (secondary N) is 1. The van der Waals surface area contributed by atoms with E-state index in [0.29, 0.717) is 52.1 Å². The minimum absolute atomic E-state index is 0.0514. The fourth-order valence-corrected chi connectivity index (χ4v) is 4.76. The quantitative estimate of drug-likeness (QED) is 0.317. The number of pyridine rings is 1. The van der Waals surface area contributed by atoms with E-state index < -0.39 is 6.10 Å². The van der Waals surface area contributed by atoms with E-state index in [0.717, 1.165) is 18.5 Å². The van der Waals surface area contributed by atoms with Crippen molar-refractivity contribution in [1.82, 2.24) is 19.9 Å². The van der Waals surface area contributed by atoms with Crippen LogP contribution in [0.4, 0.5) is 11.5 Å². The number of aliphatic hydroxyl groups excluding tert-OH is 1. The molecule has 0 spiro atoms. The van der Waals surface area contributed by atoms with E-state index in [-0.39, 0.29) is 18.6 Å². The van der Waals surface area contributed by atoms with Gasteiger partial charge in [-0.15, -0.1) is 0 Å². The van der Waals surface area contributed by atoms with Crippen molar-refractivity contribution < 1.29 is 19.4 Å². The van der Waals surface area contributed by atoms with Crippen LogP contribution in [-0.4, -0.2) is 56.2 Å². The summed E-state index contributed by atoms with van der Waals surface area (Å²) < 4.78 is 12.0. The zero-order valence-corrected chi connectivity index (χ0v) is 21.6. The van der Waals surface area contributed by atoms with Crippen LogP contribution < -0.4 is 14.8 Å². The Bertz CT molecular complexity index is 1420. The third-order valence-corrected chi connectivity index (χ3v) is 6.74. The highest BCUT2D eigenvalue weighted by Gasteiger charge is 2.32. The van der Waals surface area contributed by atoms with Gasteiger partial charge >= 0.3 is 0 Å². The van der Waals surface area contributed by atoms with Crippen molar-refractivity contribution in [2.45, 2.75) is 38.5 Å². The average molecular weight is 534 g/mol. The number of aliphatic hydroxyl groups is 1. The number of anilines is 2. The van der Waals surface area contributed by atoms with Gasteiger partial charge in [-0.1, -0.05) is 23.7 Å². The third kappa shape index (κ3) is 5.64. The number of carbonyl (C=O) groups is 1. The van der Waals surface area contributed by atoms with Crippen LogP contribution in [-0.2, 0) is 11.4 Å². The molecule has 1 fully saturated rings. The summed E-state index contributed by atoms with van der Waals surface area (Å²) in [7, 11) is 0. The molecule has 1 amide bonds. The van der Waals surface area contributed by atoms with Crippen LogP contribution in [0.15, 0.2) is 67.1 Å². The SMILES string of the molecule is C[C@@H](Oc1cccc2ncnc(Nc3ccc(OCc4ccccn4)c(Cl)c3)c12)C(=O)N1CCC[C@@H]1CO. The molecule has 0 radical (unpaired) electrons. The van der Waals surface area contributed by atoms with Gasteiger partial charge in [-0.2, -0.15) is 0 Å². The standard InChI is InChI=1S/C28H28ClN5O4/c1-18(28(36)34-13-5-7-21(34)15-35)38-25-9-4-8-23-26(25)27(32-17-31-23)33-19-10-11-24(22(29)14-19)37-16-20-6-2-3-12-30-20/h2-4,6,8-12,14,17-18,21,35H,5,7,13,15-16H2,1H3,(H,31,32,33)/t18-,21-/m1/s1. The van der Waals surface area contributed by atoms with Gasteiger partial charge in [0.2, 0.25) is 0 Å². The molecule has 3 heterocycles. The molecule has 0 saturated carbocycles. The van der Waals surface area contributed by atoms with E-state index in [1.807, 2.05) is 36.4 Å². The molecule has 196 valence electrons. The molecule has 0 unspecified atom stereocenters. The molecule has 1 aliphatic rings. The van der Waals surface area contributed by atoms with Crippen molar-refractivity contribution in [2.24, 2.45) is 0 Å². The van der Waals surface area contributed by atoms with E-state index in [9.17, 15) is 9.90 Å². The van der Waals surface area contributed by atoms with Crippen molar-refractivity contribution in [3.05, 3.63) is 77.8 Å². The summed E-state index contributed by atoms with van der Waals surface area (Å²) in [5.41, 5.74) is 2.16. The molecular weight excluding hydrogens is 506 g/mol. The summed E-state index contributed by atoms with van der Waals surface area (Å²) in [6, 6.07) is 16.3. The number of carbonyl (C=O) groups excluding carboxylic acids is 1. The second-order valence-electron chi connectivity index (χ2n) is 9.02. The molecule has 0 bridgehead atoms. The Balaban J connectivity index is 1.35. The van der Waals surface area contributed by atoms with Crippen molar-refractivity contribution >= 4 is 39.9 Å². The van der Waals surface area contributed by atoms with Gasteiger partial charge in [-0.25, -0.2) is 9.97 Å². The number of rotatable bonds is 9. The number of aromatic nitrogens is 3. The van der Waals surface area contributed by atoms with Gasteiger partial charge in [-0.3, -0.25) is 9.78 Å². The van der Waals surface area contributed by atoms with E-state index in [4.69, 9.17) is 21.1 Å². The van der Waals surface area contributed by atoms with E-state index in [1.165, 1.54) is 6.33 Å². The van der Waals surface area contributed by atoms with Crippen LogP contribution in [0, 0.1) is 0 Å². The first-order valence-corrected chi connectivity index (χ1v) is 12.8. The zero-order valence-electron chi connectivity index (χ0n) is 20.9. The maximum atomic E-state index is 13.1. The van der Waals surface area contributed by atoms with Crippen molar-refractivity contribution in [3.63, 3.8) is 0 Å². The number of halogens is 1. The van der Waals surface area contributed by atoms with Gasteiger partial charge in [0, 0.05) is 18.4 Å². The summed E-state index contributed by atoms with van der Waals surface area (Å²) in [6.07, 6.45) is 4.10. The summed E-state index contributed by atoms with van der Waals surface area (Å²) in [5, 5.41) is 14.0. The molecule has 9 nitrogen and oxygen atoms in total. The lowest BCUT2D eigenvalue weighted by molar-refractivity contribution is -0.139. The Kier molecular flexibility index (Phi) is 7.86. The molecule has 10 heteroatoms. The molecule has 38 heavy (non-hydrogen) atoms. The van der Waals surface area contributed by atoms with Crippen LogP contribution >= 0.6 is 11.6 Å². The van der Waals surface area contributed by atoms with Gasteiger partial charge in [0.15, 0.2) is 6.10 Å². The Morgan fingerprint density at radius 1 is 1.16 bits per heavy atom. The number of fused-ring (bicyclic) bond motifs is 1. The fourth-order valence-electron chi connectivity index (χ4n) is 4.53. The minimum Gasteiger partial charge on any atom is -0.486 e. The molecule has 4 aromatic rings. The largest absolute Gasteiger partial charge is 0.486 e. The number of hydrogen-bond acceptors (Lipinski definition) is 8. The molecule has 2 N–H and O–H groups in total. The summed E-state index contributed by atoms with van der Waals surface area (Å²) in [6.45, 7) is 2.59. The first-order valence-electron chi connectivity index (χ1n) is 12.4. The summed E-state index contributed by atoms with van der Waals surface area (Å²) >= 11 is 6.50. The molecule has 0 aliphatic carbocycles. The predicted molar refractivity (Wildman–Crippen MR) is 145 cm³/mol. The van der Waals surface area contributed by atoms with E-state index >= 15 is 0 Å². The van der Waals surface area contributed by atoms with Crippen LogP contribution in [0.3, 0.4) is 0 Å². The van der Waals surface area contributed by atoms with Crippen molar-refractivity contribution in [3.8, 4) is 11.5 Å². The normalized spacial score (nSPS) is 15.9. The number of benzene rings is 2. The molecule has 1 aliphatic heterocycles. The molecule has 5 rings (SSSR count). The van der Waals surface area contributed by atoms with Crippen LogP contribution in [0.2, 0.25) is 5.02 Å². The number of likely N-dealkylation sites (tertiary alicyclic amines) is 1. The molecule has 2 aromatic heterocycles. The summed E-state index contributed by atoms with van der Waals surface area (Å²) in [5.74, 6) is 1.37. The highest BCUT2D eigenvalue weighted by molar-refractivity contribution is 6.32. The van der Waals surface area contributed by atoms with Crippen LogP contribution in [0.25, 0.3) is 10.9 Å². The van der Waals surface area contributed by atoms with Crippen LogP contribution in [0.1, 0.15) is 25.5 Å². The maximum Gasteiger partial charge on any atom is 0.263 e. The lowest BCUT2D eigenvalue weighted by Gasteiger charge is -2.26. The Hall–Kier alpha value is -3.95. The number of hydrogen-bond donors (Lipinski definition) is 2. The van der Waals surface area contributed by atoms with Gasteiger partial charge < -0.3 is 24.8 Å². The first kappa shape index (κ1) is 25.7. The van der Waals surface area contributed by atoms with E-state index in [2.05, 4.69) is 20.3 Å². The lowest BCUT2D eigenvalue weighted by Crippen LogP contribution is -2.44. The number of ether oxygens (including phenoxy) is 2. The number of amides is 1.